The predicted molar refractivity (Wildman–Crippen MR) is 88.6 cm³/mol. The summed E-state index contributed by atoms with van der Waals surface area (Å²) in [6.07, 6.45) is 1.42. The molecule has 0 saturated carbocycles. The molecular weight excluding hydrogens is 299 g/mol. The highest BCUT2D eigenvalue weighted by Crippen LogP contribution is 2.23. The van der Waals surface area contributed by atoms with Crippen LogP contribution in [0.3, 0.4) is 0 Å². The highest BCUT2D eigenvalue weighted by molar-refractivity contribution is 8.00. The molecule has 0 aliphatic rings. The van der Waals surface area contributed by atoms with E-state index >= 15 is 0 Å². The van der Waals surface area contributed by atoms with Gasteiger partial charge < -0.3 is 0 Å². The van der Waals surface area contributed by atoms with E-state index in [1.165, 1.54) is 35.7 Å². The fraction of sp³-hybridized carbons (Fsp3) is 0.176. The van der Waals surface area contributed by atoms with Crippen molar-refractivity contribution >= 4 is 23.9 Å². The maximum Gasteiger partial charge on any atom is 0.253 e. The van der Waals surface area contributed by atoms with Gasteiger partial charge in [-0.1, -0.05) is 29.8 Å². The van der Waals surface area contributed by atoms with Crippen molar-refractivity contribution in [2.24, 2.45) is 5.10 Å². The Morgan fingerprint density at radius 2 is 2.00 bits per heavy atom. The Kier molecular flexibility index (Phi) is 5.72. The third kappa shape index (κ3) is 5.00. The summed E-state index contributed by atoms with van der Waals surface area (Å²) >= 11 is 1.46. The van der Waals surface area contributed by atoms with E-state index in [4.69, 9.17) is 0 Å². The number of hydrogen-bond acceptors (Lipinski definition) is 3. The standard InChI is InChI=1S/C17H17FN2OS/c1-12-6-8-16(9-7-12)22-13(2)17(21)20-19-11-14-4-3-5-15(18)10-14/h3-11,13H,1-2H3,(H,20,21)/b19-11-/t13-/m1/s1. The number of aryl methyl sites for hydroxylation is 1. The summed E-state index contributed by atoms with van der Waals surface area (Å²) in [7, 11) is 0. The number of nitrogens with zero attached hydrogens (tertiary/aromatic N) is 1. The third-order valence-corrected chi connectivity index (χ3v) is 4.05. The number of amides is 1. The van der Waals surface area contributed by atoms with Crippen LogP contribution in [-0.4, -0.2) is 17.4 Å². The van der Waals surface area contributed by atoms with E-state index in [1.807, 2.05) is 38.1 Å². The average molecular weight is 316 g/mol. The Bertz CT molecular complexity index is 671. The zero-order chi connectivity index (χ0) is 15.9. The second-order valence-corrected chi connectivity index (χ2v) is 6.28. The van der Waals surface area contributed by atoms with Crippen LogP contribution in [0.15, 0.2) is 58.5 Å². The van der Waals surface area contributed by atoms with Crippen LogP contribution in [0.5, 0.6) is 0 Å². The Morgan fingerprint density at radius 3 is 2.68 bits per heavy atom. The van der Waals surface area contributed by atoms with Crippen LogP contribution in [0.4, 0.5) is 4.39 Å². The number of hydrazone groups is 1. The summed E-state index contributed by atoms with van der Waals surface area (Å²) in [5.74, 6) is -0.531. The molecule has 1 atom stereocenters. The van der Waals surface area contributed by atoms with Gasteiger partial charge in [0.2, 0.25) is 0 Å². The molecule has 2 rings (SSSR count). The van der Waals surface area contributed by atoms with Crippen molar-refractivity contribution < 1.29 is 9.18 Å². The van der Waals surface area contributed by atoms with Crippen LogP contribution < -0.4 is 5.43 Å². The van der Waals surface area contributed by atoms with Gasteiger partial charge in [-0.05, 0) is 43.7 Å². The molecule has 0 aromatic heterocycles. The zero-order valence-electron chi connectivity index (χ0n) is 12.4. The predicted octanol–water partition coefficient (Wildman–Crippen LogP) is 3.77. The number of thioether (sulfide) groups is 1. The minimum absolute atomic E-state index is 0.196. The first-order valence-corrected chi connectivity index (χ1v) is 7.74. The monoisotopic (exact) mass is 316 g/mol. The fourth-order valence-electron chi connectivity index (χ4n) is 1.72. The first-order chi connectivity index (χ1) is 10.5. The number of halogens is 1. The lowest BCUT2D eigenvalue weighted by molar-refractivity contribution is -0.120. The summed E-state index contributed by atoms with van der Waals surface area (Å²) in [6, 6.07) is 14.0. The Balaban J connectivity index is 1.87. The Morgan fingerprint density at radius 1 is 1.27 bits per heavy atom. The quantitative estimate of drug-likeness (QED) is 0.518. The molecular formula is C17H17FN2OS. The van der Waals surface area contributed by atoms with E-state index < -0.39 is 0 Å². The van der Waals surface area contributed by atoms with Gasteiger partial charge in [-0.3, -0.25) is 4.79 Å². The minimum atomic E-state index is -0.335. The molecule has 0 saturated heterocycles. The van der Waals surface area contributed by atoms with Gasteiger partial charge in [0, 0.05) is 4.90 Å². The molecule has 0 unspecified atom stereocenters. The smallest absolute Gasteiger partial charge is 0.253 e. The van der Waals surface area contributed by atoms with E-state index in [2.05, 4.69) is 10.5 Å². The van der Waals surface area contributed by atoms with Gasteiger partial charge in [-0.2, -0.15) is 5.10 Å². The molecule has 0 bridgehead atoms. The van der Waals surface area contributed by atoms with Crippen molar-refractivity contribution in [1.82, 2.24) is 5.43 Å². The molecule has 0 aliphatic carbocycles. The van der Waals surface area contributed by atoms with Gasteiger partial charge in [0.05, 0.1) is 11.5 Å². The van der Waals surface area contributed by atoms with E-state index in [9.17, 15) is 9.18 Å². The highest BCUT2D eigenvalue weighted by atomic mass is 32.2. The molecule has 2 aromatic rings. The van der Waals surface area contributed by atoms with Gasteiger partial charge in [-0.15, -0.1) is 11.8 Å². The molecule has 3 nitrogen and oxygen atoms in total. The van der Waals surface area contributed by atoms with Crippen molar-refractivity contribution in [1.29, 1.82) is 0 Å². The molecule has 0 fully saturated rings. The van der Waals surface area contributed by atoms with Crippen LogP contribution in [0.2, 0.25) is 0 Å². The third-order valence-electron chi connectivity index (χ3n) is 2.94. The topological polar surface area (TPSA) is 41.5 Å². The lowest BCUT2D eigenvalue weighted by atomic mass is 10.2. The lowest BCUT2D eigenvalue weighted by Gasteiger charge is -2.09. The molecule has 1 N–H and O–H groups in total. The second kappa shape index (κ2) is 7.75. The van der Waals surface area contributed by atoms with Crippen LogP contribution in [0, 0.1) is 12.7 Å². The maximum absolute atomic E-state index is 13.0. The summed E-state index contributed by atoms with van der Waals surface area (Å²) < 4.78 is 13.0. The molecule has 0 spiro atoms. The van der Waals surface area contributed by atoms with Crippen LogP contribution in [0.25, 0.3) is 0 Å². The number of carbonyl (C=O) groups is 1. The number of nitrogens with one attached hydrogen (secondary N) is 1. The van der Waals surface area contributed by atoms with Crippen LogP contribution >= 0.6 is 11.8 Å². The number of rotatable bonds is 5. The Hall–Kier alpha value is -2.14. The number of benzene rings is 2. The number of hydrogen-bond donors (Lipinski definition) is 1. The fourth-order valence-corrected chi connectivity index (χ4v) is 2.58. The van der Waals surface area contributed by atoms with Gasteiger partial charge >= 0.3 is 0 Å². The highest BCUT2D eigenvalue weighted by Gasteiger charge is 2.13. The molecule has 0 aliphatic heterocycles. The molecule has 1 amide bonds. The molecule has 5 heteroatoms. The zero-order valence-corrected chi connectivity index (χ0v) is 13.2. The van der Waals surface area contributed by atoms with Crippen LogP contribution in [-0.2, 0) is 4.79 Å². The van der Waals surface area contributed by atoms with E-state index in [0.717, 1.165) is 4.90 Å². The normalized spacial score (nSPS) is 12.3. The SMILES string of the molecule is Cc1ccc(S[C@H](C)C(=O)N/N=C\c2cccc(F)c2)cc1. The number of carbonyl (C=O) groups excluding carboxylic acids is 1. The average Bonchev–Trinajstić information content (AvgIpc) is 2.49. The van der Waals surface area contributed by atoms with Crippen molar-refractivity contribution in [3.63, 3.8) is 0 Å². The summed E-state index contributed by atoms with van der Waals surface area (Å²) in [5.41, 5.74) is 4.25. The summed E-state index contributed by atoms with van der Waals surface area (Å²) in [6.45, 7) is 3.84. The van der Waals surface area contributed by atoms with Gasteiger partial charge in [0.1, 0.15) is 5.82 Å². The van der Waals surface area contributed by atoms with Crippen molar-refractivity contribution in [3.8, 4) is 0 Å². The van der Waals surface area contributed by atoms with Gasteiger partial charge in [-0.25, -0.2) is 9.82 Å². The van der Waals surface area contributed by atoms with Gasteiger partial charge in [0.15, 0.2) is 0 Å². The van der Waals surface area contributed by atoms with Crippen molar-refractivity contribution in [2.45, 2.75) is 24.0 Å². The van der Waals surface area contributed by atoms with E-state index in [1.54, 1.807) is 12.1 Å². The first kappa shape index (κ1) is 16.2. The molecule has 2 aromatic carbocycles. The van der Waals surface area contributed by atoms with Crippen LogP contribution in [0.1, 0.15) is 18.1 Å². The molecule has 114 valence electrons. The molecule has 0 heterocycles. The minimum Gasteiger partial charge on any atom is -0.272 e. The summed E-state index contributed by atoms with van der Waals surface area (Å²) in [5, 5.41) is 3.58. The van der Waals surface area contributed by atoms with Crippen molar-refractivity contribution in [3.05, 3.63) is 65.5 Å². The Labute approximate surface area is 133 Å². The summed E-state index contributed by atoms with van der Waals surface area (Å²) in [4.78, 5) is 13.0. The van der Waals surface area contributed by atoms with Crippen molar-refractivity contribution in [2.75, 3.05) is 0 Å². The first-order valence-electron chi connectivity index (χ1n) is 6.86. The molecule has 0 radical (unpaired) electrons. The van der Waals surface area contributed by atoms with E-state index in [-0.39, 0.29) is 17.0 Å². The maximum atomic E-state index is 13.0. The lowest BCUT2D eigenvalue weighted by Crippen LogP contribution is -2.26. The van der Waals surface area contributed by atoms with Gasteiger partial charge in [0.25, 0.3) is 5.91 Å². The molecule has 22 heavy (non-hydrogen) atoms. The largest absolute Gasteiger partial charge is 0.272 e. The van der Waals surface area contributed by atoms with E-state index in [0.29, 0.717) is 5.56 Å². The second-order valence-electron chi connectivity index (χ2n) is 4.86.